The predicted octanol–water partition coefficient (Wildman–Crippen LogP) is 2.23. The van der Waals surface area contributed by atoms with E-state index in [4.69, 9.17) is 9.57 Å². The summed E-state index contributed by atoms with van der Waals surface area (Å²) in [5.74, 6) is 0.532. The van der Waals surface area contributed by atoms with E-state index in [1.54, 1.807) is 6.21 Å². The Kier molecular flexibility index (Phi) is 9.11. The first-order valence-electron chi connectivity index (χ1n) is 5.33. The van der Waals surface area contributed by atoms with Crippen molar-refractivity contribution >= 4 is 6.21 Å². The molecule has 0 aromatic carbocycles. The third kappa shape index (κ3) is 9.43. The molecule has 0 atom stereocenters. The van der Waals surface area contributed by atoms with Gasteiger partial charge in [-0.05, 0) is 26.4 Å². The van der Waals surface area contributed by atoms with Crippen molar-refractivity contribution in [2.45, 2.75) is 26.7 Å². The molecule has 0 aliphatic rings. The molecule has 0 saturated carbocycles. The van der Waals surface area contributed by atoms with E-state index < -0.39 is 0 Å². The molecule has 0 aliphatic carbocycles. The number of rotatable bonds is 9. The normalized spacial score (nSPS) is 11.2. The van der Waals surface area contributed by atoms with Crippen LogP contribution in [0.15, 0.2) is 17.5 Å². The summed E-state index contributed by atoms with van der Waals surface area (Å²) in [6.45, 7) is 9.82. The van der Waals surface area contributed by atoms with Crippen LogP contribution in [0.1, 0.15) is 26.7 Å². The van der Waals surface area contributed by atoms with Crippen LogP contribution < -0.4 is 0 Å². The maximum absolute atomic E-state index is 5.37. The van der Waals surface area contributed by atoms with Crippen LogP contribution in [0.4, 0.5) is 0 Å². The van der Waals surface area contributed by atoms with Crippen LogP contribution in [0.3, 0.4) is 0 Å². The van der Waals surface area contributed by atoms with Crippen molar-refractivity contribution in [1.29, 1.82) is 0 Å². The van der Waals surface area contributed by atoms with E-state index in [1.165, 1.54) is 0 Å². The number of hydrogen-bond donors (Lipinski definition) is 0. The second-order valence-electron chi connectivity index (χ2n) is 3.38. The highest BCUT2D eigenvalue weighted by Crippen LogP contribution is 1.96. The van der Waals surface area contributed by atoms with Gasteiger partial charge in [-0.2, -0.15) is 0 Å². The smallest absolute Gasteiger partial charge is 0.153 e. The minimum Gasteiger partial charge on any atom is -0.360 e. The fourth-order valence-corrected chi connectivity index (χ4v) is 0.974. The fourth-order valence-electron chi connectivity index (χ4n) is 0.974. The largest absolute Gasteiger partial charge is 0.360 e. The van der Waals surface area contributed by atoms with Gasteiger partial charge in [0.15, 0.2) is 5.76 Å². The molecule has 4 nitrogen and oxygen atoms in total. The van der Waals surface area contributed by atoms with Gasteiger partial charge in [-0.25, -0.2) is 0 Å². The average molecular weight is 214 g/mol. The van der Waals surface area contributed by atoms with Crippen molar-refractivity contribution in [2.75, 3.05) is 26.9 Å². The zero-order valence-electron chi connectivity index (χ0n) is 10.0. The molecule has 0 fully saturated rings. The van der Waals surface area contributed by atoms with Gasteiger partial charge in [0.2, 0.25) is 0 Å². The molecule has 15 heavy (non-hydrogen) atoms. The van der Waals surface area contributed by atoms with Gasteiger partial charge in [0.25, 0.3) is 0 Å². The summed E-state index contributed by atoms with van der Waals surface area (Å²) in [6, 6.07) is 0. The van der Waals surface area contributed by atoms with Gasteiger partial charge in [0.1, 0.15) is 6.61 Å². The maximum atomic E-state index is 5.37. The fraction of sp³-hybridized carbons (Fsp3) is 0.727. The number of hydrogen-bond acceptors (Lipinski definition) is 4. The Balaban J connectivity index is 3.42. The van der Waals surface area contributed by atoms with Crippen LogP contribution in [-0.4, -0.2) is 38.0 Å². The molecule has 0 bridgehead atoms. The van der Waals surface area contributed by atoms with Crippen molar-refractivity contribution in [3.8, 4) is 0 Å². The summed E-state index contributed by atoms with van der Waals surface area (Å²) in [6.07, 6.45) is 3.67. The third-order valence-electron chi connectivity index (χ3n) is 1.62. The molecule has 0 N–H and O–H groups in total. The molecular weight excluding hydrogens is 192 g/mol. The molecule has 0 unspecified atom stereocenters. The molecule has 0 spiro atoms. The zero-order valence-corrected chi connectivity index (χ0v) is 10.0. The van der Waals surface area contributed by atoms with Crippen LogP contribution in [-0.2, 0) is 9.57 Å². The molecule has 0 aromatic rings. The highest BCUT2D eigenvalue weighted by Gasteiger charge is 1.98. The molecule has 4 heteroatoms. The van der Waals surface area contributed by atoms with Gasteiger partial charge in [0, 0.05) is 6.21 Å². The van der Waals surface area contributed by atoms with Crippen molar-refractivity contribution < 1.29 is 9.57 Å². The van der Waals surface area contributed by atoms with Crippen molar-refractivity contribution in [1.82, 2.24) is 4.90 Å². The summed E-state index contributed by atoms with van der Waals surface area (Å²) < 4.78 is 5.37. The van der Waals surface area contributed by atoms with Gasteiger partial charge < -0.3 is 9.57 Å². The average Bonchev–Trinajstić information content (AvgIpc) is 2.18. The van der Waals surface area contributed by atoms with E-state index in [9.17, 15) is 0 Å². The molecule has 0 rings (SSSR count). The lowest BCUT2D eigenvalue weighted by Gasteiger charge is -2.15. The predicted molar refractivity (Wildman–Crippen MR) is 62.7 cm³/mol. The summed E-state index contributed by atoms with van der Waals surface area (Å²) in [5, 5.41) is 3.71. The summed E-state index contributed by atoms with van der Waals surface area (Å²) in [5.41, 5.74) is 0. The van der Waals surface area contributed by atoms with Crippen LogP contribution in [0, 0.1) is 0 Å². The van der Waals surface area contributed by atoms with Gasteiger partial charge in [-0.3, -0.25) is 4.90 Å². The first kappa shape index (κ1) is 14.1. The van der Waals surface area contributed by atoms with E-state index in [2.05, 4.69) is 23.6 Å². The Bertz CT molecular complexity index is 193. The molecule has 0 aromatic heterocycles. The maximum Gasteiger partial charge on any atom is 0.153 e. The number of nitrogens with zero attached hydrogens (tertiary/aromatic N) is 2. The molecule has 0 heterocycles. The van der Waals surface area contributed by atoms with Crippen LogP contribution in [0.25, 0.3) is 0 Å². The van der Waals surface area contributed by atoms with E-state index >= 15 is 0 Å². The van der Waals surface area contributed by atoms with E-state index in [1.807, 2.05) is 14.0 Å². The van der Waals surface area contributed by atoms with Gasteiger partial charge in [0.05, 0.1) is 6.73 Å². The van der Waals surface area contributed by atoms with Crippen LogP contribution in [0.2, 0.25) is 0 Å². The van der Waals surface area contributed by atoms with Crippen molar-refractivity contribution in [2.24, 2.45) is 5.16 Å². The van der Waals surface area contributed by atoms with Crippen LogP contribution in [0.5, 0.6) is 0 Å². The molecule has 88 valence electrons. The van der Waals surface area contributed by atoms with Gasteiger partial charge in [-0.15, -0.1) is 0 Å². The molecule has 0 saturated heterocycles. The Morgan fingerprint density at radius 2 is 2.20 bits per heavy atom. The van der Waals surface area contributed by atoms with Crippen molar-refractivity contribution in [3.63, 3.8) is 0 Å². The second kappa shape index (κ2) is 9.68. The Morgan fingerprint density at radius 1 is 1.47 bits per heavy atom. The third-order valence-corrected chi connectivity index (χ3v) is 1.62. The van der Waals surface area contributed by atoms with Gasteiger partial charge >= 0.3 is 0 Å². The highest BCUT2D eigenvalue weighted by molar-refractivity contribution is 5.55. The first-order chi connectivity index (χ1) is 7.20. The molecular formula is C11H22N2O2. The Labute approximate surface area is 92.5 Å². The number of ether oxygens (including phenoxy) is 1. The minimum absolute atomic E-state index is 0.384. The zero-order chi connectivity index (χ0) is 11.5. The summed E-state index contributed by atoms with van der Waals surface area (Å²) in [4.78, 5) is 7.06. The Hall–Kier alpha value is -0.870. The lowest BCUT2D eigenvalue weighted by Crippen LogP contribution is -2.23. The van der Waals surface area contributed by atoms with Crippen LogP contribution >= 0.6 is 0 Å². The van der Waals surface area contributed by atoms with E-state index in [-0.39, 0.29) is 0 Å². The van der Waals surface area contributed by atoms with Crippen molar-refractivity contribution in [3.05, 3.63) is 12.3 Å². The minimum atomic E-state index is 0.384. The summed E-state index contributed by atoms with van der Waals surface area (Å²) in [7, 11) is 2.02. The molecule has 0 aliphatic heterocycles. The summed E-state index contributed by atoms with van der Waals surface area (Å²) >= 11 is 0. The Morgan fingerprint density at radius 3 is 2.80 bits per heavy atom. The monoisotopic (exact) mass is 214 g/mol. The molecule has 0 amide bonds. The molecule has 0 radical (unpaired) electrons. The SMILES string of the molecule is C=C(COCN(C)CCC)ON=CCC. The quantitative estimate of drug-likeness (QED) is 0.255. The van der Waals surface area contributed by atoms with E-state index in [0.29, 0.717) is 19.1 Å². The van der Waals surface area contributed by atoms with Gasteiger partial charge in [-0.1, -0.05) is 25.6 Å². The van der Waals surface area contributed by atoms with E-state index in [0.717, 1.165) is 19.4 Å². The lowest BCUT2D eigenvalue weighted by molar-refractivity contribution is 0.0334. The lowest BCUT2D eigenvalue weighted by atomic mass is 10.5. The highest BCUT2D eigenvalue weighted by atomic mass is 16.6. The number of oxime groups is 1. The standard InChI is InChI=1S/C11H22N2O2/c1-5-7-12-15-11(3)9-14-10-13(4)8-6-2/h7H,3,5-6,8-10H2,1-2,4H3. The second-order valence-corrected chi connectivity index (χ2v) is 3.38. The first-order valence-corrected chi connectivity index (χ1v) is 5.33. The topological polar surface area (TPSA) is 34.1 Å².